The van der Waals surface area contributed by atoms with Crippen LogP contribution in [0.2, 0.25) is 0 Å². The highest BCUT2D eigenvalue weighted by Crippen LogP contribution is 2.15. The molecular weight excluding hydrogens is 370 g/mol. The first-order chi connectivity index (χ1) is 13.5. The van der Waals surface area contributed by atoms with Crippen molar-refractivity contribution in [3.63, 3.8) is 0 Å². The maximum atomic E-state index is 5.34. The average molecular weight is 410 g/mol. The van der Waals surface area contributed by atoms with Gasteiger partial charge in [0.15, 0.2) is 5.13 Å². The molecule has 0 amide bonds. The van der Waals surface area contributed by atoms with E-state index in [1.807, 2.05) is 51.3 Å². The van der Waals surface area contributed by atoms with E-state index in [2.05, 4.69) is 35.7 Å². The summed E-state index contributed by atoms with van der Waals surface area (Å²) in [6.07, 6.45) is 9.23. The fourth-order valence-electron chi connectivity index (χ4n) is 1.71. The number of allylic oxidation sites excluding steroid dienone is 2. The molecule has 0 aliphatic heterocycles. The smallest absolute Gasteiger partial charge is 0.183 e. The zero-order chi connectivity index (χ0) is 21.8. The van der Waals surface area contributed by atoms with Crippen molar-refractivity contribution in [1.29, 1.82) is 0 Å². The Bertz CT molecular complexity index is 590. The van der Waals surface area contributed by atoms with Crippen molar-refractivity contribution in [2.45, 2.75) is 60.4 Å². The number of methoxy groups -OCH3 is 2. The Labute approximate surface area is 176 Å². The number of hydrogen-bond donors (Lipinski definition) is 1. The van der Waals surface area contributed by atoms with Crippen LogP contribution in [-0.4, -0.2) is 38.0 Å². The number of ether oxygens (including phenoxy) is 2. The number of aliphatic imine (C=N–C) groups is 1. The molecule has 0 aromatic carbocycles. The molecule has 0 bridgehead atoms. The Morgan fingerprint density at radius 1 is 1.18 bits per heavy atom. The molecule has 0 radical (unpaired) electrons. The highest BCUT2D eigenvalue weighted by Gasteiger charge is 2.00. The normalized spacial score (nSPS) is 11.0. The number of nitrogens with one attached hydrogen (secondary N) is 1. The van der Waals surface area contributed by atoms with E-state index in [-0.39, 0.29) is 0 Å². The lowest BCUT2D eigenvalue weighted by molar-refractivity contribution is 0.282. The lowest BCUT2D eigenvalue weighted by atomic mass is 10.2. The molecule has 1 rings (SSSR count). The van der Waals surface area contributed by atoms with Crippen molar-refractivity contribution in [3.05, 3.63) is 47.4 Å². The van der Waals surface area contributed by atoms with Gasteiger partial charge in [-0.3, -0.25) is 4.99 Å². The molecule has 1 N–H and O–H groups in total. The maximum absolute atomic E-state index is 5.34. The van der Waals surface area contributed by atoms with Crippen LogP contribution in [-0.2, 0) is 9.47 Å². The van der Waals surface area contributed by atoms with Gasteiger partial charge in [0.2, 0.25) is 0 Å². The first-order valence-electron chi connectivity index (χ1n) is 9.86. The van der Waals surface area contributed by atoms with E-state index in [9.17, 15) is 0 Å². The quantitative estimate of drug-likeness (QED) is 0.259. The second-order valence-corrected chi connectivity index (χ2v) is 6.23. The zero-order valence-electron chi connectivity index (χ0n) is 18.9. The summed E-state index contributed by atoms with van der Waals surface area (Å²) in [4.78, 5) is 8.82. The first-order valence-corrected chi connectivity index (χ1v) is 10.7. The van der Waals surface area contributed by atoms with Gasteiger partial charge in [0.1, 0.15) is 0 Å². The highest BCUT2D eigenvalue weighted by atomic mass is 32.1. The van der Waals surface area contributed by atoms with Crippen LogP contribution in [0.1, 0.15) is 60.1 Å². The fraction of sp³-hybridized carbons (Fsp3) is 0.545. The van der Waals surface area contributed by atoms with Gasteiger partial charge in [-0.2, -0.15) is 0 Å². The molecule has 0 saturated heterocycles. The van der Waals surface area contributed by atoms with Gasteiger partial charge < -0.3 is 14.8 Å². The number of rotatable bonds is 11. The second kappa shape index (κ2) is 19.7. The lowest BCUT2D eigenvalue weighted by Gasteiger charge is -2.03. The van der Waals surface area contributed by atoms with Crippen molar-refractivity contribution >= 4 is 22.7 Å². The molecule has 1 heterocycles. The van der Waals surface area contributed by atoms with Crippen molar-refractivity contribution in [3.8, 4) is 0 Å². The molecule has 160 valence electrons. The molecular formula is C22H39N3O2S. The van der Waals surface area contributed by atoms with Crippen LogP contribution in [0.25, 0.3) is 0 Å². The minimum absolute atomic E-state index is 0.377. The summed E-state index contributed by atoms with van der Waals surface area (Å²) < 4.78 is 10.4. The zero-order valence-corrected chi connectivity index (χ0v) is 19.7. The third kappa shape index (κ3) is 15.0. The molecule has 0 unspecified atom stereocenters. The van der Waals surface area contributed by atoms with Gasteiger partial charge in [-0.15, -0.1) is 11.3 Å². The number of anilines is 1. The molecule has 0 atom stereocenters. The molecule has 1 aromatic heterocycles. The standard InChI is InChI=1S/C18H27N3O2S.2C2H6/c1-14(2)20-18-21-16(13-24-18)12-19-11-10-17(23-5)9-7-6-8-15(3)22-4;2*1-2/h6-7,10,12-14H,3,8-9,11H2,1-2,4-5H3,(H,20,21);2*1-2H3/b7-6-,17-10+,19-12?;;. The van der Waals surface area contributed by atoms with Crippen LogP contribution >= 0.6 is 11.3 Å². The summed E-state index contributed by atoms with van der Waals surface area (Å²) in [6, 6.07) is 0.377. The van der Waals surface area contributed by atoms with E-state index in [0.717, 1.165) is 28.8 Å². The van der Waals surface area contributed by atoms with E-state index >= 15 is 0 Å². The molecule has 28 heavy (non-hydrogen) atoms. The number of thiazole rings is 1. The van der Waals surface area contributed by atoms with E-state index in [1.165, 1.54) is 0 Å². The SMILES string of the molecule is C=C(C/C=C\C/C(=C\CN=Cc1csc(NC(C)C)n1)OC)OC.CC.CC. The molecule has 0 spiro atoms. The molecule has 0 saturated carbocycles. The minimum atomic E-state index is 0.377. The Hall–Kier alpha value is -2.08. The van der Waals surface area contributed by atoms with Crippen LogP contribution in [0.4, 0.5) is 5.13 Å². The van der Waals surface area contributed by atoms with Crippen molar-refractivity contribution in [1.82, 2.24) is 4.98 Å². The van der Waals surface area contributed by atoms with Gasteiger partial charge in [-0.05, 0) is 19.9 Å². The Balaban J connectivity index is 0. The molecule has 0 fully saturated rings. The third-order valence-electron chi connectivity index (χ3n) is 2.96. The number of hydrogen-bond acceptors (Lipinski definition) is 6. The van der Waals surface area contributed by atoms with Crippen LogP contribution in [0.15, 0.2) is 46.7 Å². The Kier molecular flexibility index (Phi) is 19.8. The molecule has 0 aliphatic carbocycles. The van der Waals surface area contributed by atoms with E-state index in [1.54, 1.807) is 31.8 Å². The minimum Gasteiger partial charge on any atom is -0.501 e. The van der Waals surface area contributed by atoms with Crippen LogP contribution < -0.4 is 5.32 Å². The topological polar surface area (TPSA) is 55.7 Å². The summed E-state index contributed by atoms with van der Waals surface area (Å²) in [6.45, 7) is 16.5. The van der Waals surface area contributed by atoms with Crippen LogP contribution in [0.5, 0.6) is 0 Å². The number of nitrogens with zero attached hydrogens (tertiary/aromatic N) is 2. The highest BCUT2D eigenvalue weighted by molar-refractivity contribution is 7.13. The Morgan fingerprint density at radius 3 is 2.39 bits per heavy atom. The predicted molar refractivity (Wildman–Crippen MR) is 126 cm³/mol. The Morgan fingerprint density at radius 2 is 1.82 bits per heavy atom. The molecule has 0 aliphatic rings. The second-order valence-electron chi connectivity index (χ2n) is 5.37. The third-order valence-corrected chi connectivity index (χ3v) is 3.76. The van der Waals surface area contributed by atoms with Gasteiger partial charge in [0, 0.05) is 30.5 Å². The van der Waals surface area contributed by atoms with Crippen molar-refractivity contribution in [2.75, 3.05) is 26.1 Å². The van der Waals surface area contributed by atoms with Gasteiger partial charge in [0.25, 0.3) is 0 Å². The van der Waals surface area contributed by atoms with Gasteiger partial charge in [-0.25, -0.2) is 4.98 Å². The van der Waals surface area contributed by atoms with Crippen molar-refractivity contribution in [2.24, 2.45) is 4.99 Å². The maximum Gasteiger partial charge on any atom is 0.183 e. The molecule has 6 heteroatoms. The summed E-state index contributed by atoms with van der Waals surface area (Å²) in [5.41, 5.74) is 0.869. The average Bonchev–Trinajstić information content (AvgIpc) is 3.16. The van der Waals surface area contributed by atoms with E-state index in [4.69, 9.17) is 9.47 Å². The summed E-state index contributed by atoms with van der Waals surface area (Å²) >= 11 is 1.58. The predicted octanol–water partition coefficient (Wildman–Crippen LogP) is 6.46. The molecule has 5 nitrogen and oxygen atoms in total. The van der Waals surface area contributed by atoms with Gasteiger partial charge in [0.05, 0.1) is 38.0 Å². The van der Waals surface area contributed by atoms with Crippen LogP contribution in [0, 0.1) is 0 Å². The summed E-state index contributed by atoms with van der Waals surface area (Å²) in [7, 11) is 3.29. The molecule has 1 aromatic rings. The first kappa shape index (κ1) is 28.1. The fourth-order valence-corrected chi connectivity index (χ4v) is 2.51. The van der Waals surface area contributed by atoms with Gasteiger partial charge in [-0.1, -0.05) is 46.4 Å². The van der Waals surface area contributed by atoms with E-state index < -0.39 is 0 Å². The lowest BCUT2D eigenvalue weighted by Crippen LogP contribution is -2.09. The van der Waals surface area contributed by atoms with Crippen LogP contribution in [0.3, 0.4) is 0 Å². The van der Waals surface area contributed by atoms with E-state index in [0.29, 0.717) is 19.0 Å². The summed E-state index contributed by atoms with van der Waals surface area (Å²) in [5, 5.41) is 6.18. The summed E-state index contributed by atoms with van der Waals surface area (Å²) in [5.74, 6) is 1.63. The largest absolute Gasteiger partial charge is 0.501 e. The number of aromatic nitrogens is 1. The van der Waals surface area contributed by atoms with Gasteiger partial charge >= 0.3 is 0 Å². The van der Waals surface area contributed by atoms with Crippen molar-refractivity contribution < 1.29 is 9.47 Å². The monoisotopic (exact) mass is 409 g/mol.